The number of carbonyl (C=O) groups excluding carboxylic acids is 1. The van der Waals surface area contributed by atoms with Crippen LogP contribution in [0.1, 0.15) is 31.0 Å². The molecule has 1 atom stereocenters. The molecular weight excluding hydrogens is 416 g/mol. The predicted molar refractivity (Wildman–Crippen MR) is 130 cm³/mol. The van der Waals surface area contributed by atoms with Gasteiger partial charge in [-0.2, -0.15) is 4.98 Å². The Morgan fingerprint density at radius 3 is 2.55 bits per heavy atom. The van der Waals surface area contributed by atoms with Crippen LogP contribution in [0.4, 0.5) is 5.95 Å². The normalized spacial score (nSPS) is 15.4. The Kier molecular flexibility index (Phi) is 6.84. The molecule has 33 heavy (non-hydrogen) atoms. The zero-order valence-electron chi connectivity index (χ0n) is 19.2. The van der Waals surface area contributed by atoms with Crippen LogP contribution in [0, 0.1) is 0 Å². The van der Waals surface area contributed by atoms with E-state index in [2.05, 4.69) is 58.0 Å². The molecule has 0 unspecified atom stereocenters. The maximum absolute atomic E-state index is 12.1. The summed E-state index contributed by atoms with van der Waals surface area (Å²) in [6.45, 7) is 12.2. The van der Waals surface area contributed by atoms with Crippen molar-refractivity contribution >= 4 is 22.9 Å². The van der Waals surface area contributed by atoms with Gasteiger partial charge in [-0.25, -0.2) is 4.98 Å². The fourth-order valence-corrected chi connectivity index (χ4v) is 4.15. The Balaban J connectivity index is 1.39. The zero-order valence-corrected chi connectivity index (χ0v) is 19.2. The van der Waals surface area contributed by atoms with Crippen molar-refractivity contribution in [3.8, 4) is 0 Å². The van der Waals surface area contributed by atoms with E-state index in [1.807, 2.05) is 11.8 Å². The van der Waals surface area contributed by atoms with Gasteiger partial charge in [0.1, 0.15) is 5.65 Å². The van der Waals surface area contributed by atoms with Crippen LogP contribution < -0.4 is 10.9 Å². The first-order chi connectivity index (χ1) is 16.0. The van der Waals surface area contributed by atoms with Gasteiger partial charge in [-0.15, -0.1) is 0 Å². The molecule has 3 heterocycles. The SMILES string of the molecule is C=CC(=O)N1CCN(Cc2ccc([C@H](C)Nc3ncc4ccc(=O)n(CC)c4n3)cc2)CC1. The third kappa shape index (κ3) is 5.12. The molecule has 1 saturated heterocycles. The van der Waals surface area contributed by atoms with E-state index < -0.39 is 0 Å². The van der Waals surface area contributed by atoms with Gasteiger partial charge in [-0.3, -0.25) is 19.1 Å². The Morgan fingerprint density at radius 2 is 1.88 bits per heavy atom. The van der Waals surface area contributed by atoms with Crippen LogP contribution in [0.3, 0.4) is 0 Å². The molecule has 0 spiro atoms. The minimum Gasteiger partial charge on any atom is -0.348 e. The van der Waals surface area contributed by atoms with Crippen LogP contribution >= 0.6 is 0 Å². The number of amides is 1. The lowest BCUT2D eigenvalue weighted by Crippen LogP contribution is -2.47. The van der Waals surface area contributed by atoms with Gasteiger partial charge in [-0.05, 0) is 37.1 Å². The van der Waals surface area contributed by atoms with Gasteiger partial charge in [0.05, 0.1) is 6.04 Å². The molecule has 3 aromatic rings. The van der Waals surface area contributed by atoms with Crippen LogP contribution in [0.25, 0.3) is 11.0 Å². The summed E-state index contributed by atoms with van der Waals surface area (Å²) in [6, 6.07) is 11.8. The molecule has 1 aliphatic rings. The second-order valence-electron chi connectivity index (χ2n) is 8.30. The first kappa shape index (κ1) is 22.7. The highest BCUT2D eigenvalue weighted by atomic mass is 16.2. The van der Waals surface area contributed by atoms with Crippen molar-refractivity contribution in [3.05, 3.63) is 76.7 Å². The van der Waals surface area contributed by atoms with Crippen molar-refractivity contribution in [2.75, 3.05) is 31.5 Å². The highest BCUT2D eigenvalue weighted by molar-refractivity contribution is 5.87. The molecule has 1 fully saturated rings. The number of anilines is 1. The van der Waals surface area contributed by atoms with Gasteiger partial charge >= 0.3 is 0 Å². The number of rotatable bonds is 7. The van der Waals surface area contributed by atoms with Gasteiger partial charge in [0.15, 0.2) is 0 Å². The minimum atomic E-state index is -0.0630. The van der Waals surface area contributed by atoms with Gasteiger partial charge in [0, 0.05) is 56.9 Å². The standard InChI is InChI=1S/C25H30N6O2/c1-4-22(32)30-14-12-29(13-15-30)17-19-6-8-20(9-7-19)18(3)27-25-26-16-21-10-11-23(33)31(5-2)24(21)28-25/h4,6-11,16,18H,1,5,12-15,17H2,2-3H3,(H,26,27,28)/t18-/m0/s1. The third-order valence-electron chi connectivity index (χ3n) is 6.13. The van der Waals surface area contributed by atoms with E-state index in [-0.39, 0.29) is 17.5 Å². The summed E-state index contributed by atoms with van der Waals surface area (Å²) in [5.41, 5.74) is 2.94. The lowest BCUT2D eigenvalue weighted by Gasteiger charge is -2.34. The molecule has 0 saturated carbocycles. The Labute approximate surface area is 193 Å². The molecule has 1 amide bonds. The average molecular weight is 447 g/mol. The summed E-state index contributed by atoms with van der Waals surface area (Å²) in [5.74, 6) is 0.507. The number of hydrogen-bond donors (Lipinski definition) is 1. The maximum Gasteiger partial charge on any atom is 0.252 e. The van der Waals surface area contributed by atoms with Crippen LogP contribution in [0.15, 0.2) is 60.0 Å². The topological polar surface area (TPSA) is 83.4 Å². The monoisotopic (exact) mass is 446 g/mol. The fourth-order valence-electron chi connectivity index (χ4n) is 4.15. The van der Waals surface area contributed by atoms with E-state index in [0.717, 1.165) is 43.7 Å². The van der Waals surface area contributed by atoms with E-state index >= 15 is 0 Å². The molecule has 1 aliphatic heterocycles. The van der Waals surface area contributed by atoms with Crippen molar-refractivity contribution in [2.45, 2.75) is 33.0 Å². The first-order valence-corrected chi connectivity index (χ1v) is 11.3. The summed E-state index contributed by atoms with van der Waals surface area (Å²) in [5, 5.41) is 4.19. The van der Waals surface area contributed by atoms with Crippen molar-refractivity contribution in [3.63, 3.8) is 0 Å². The Hall–Kier alpha value is -3.52. The summed E-state index contributed by atoms with van der Waals surface area (Å²) in [6.07, 6.45) is 3.13. The van der Waals surface area contributed by atoms with E-state index in [1.165, 1.54) is 11.6 Å². The van der Waals surface area contributed by atoms with E-state index in [1.54, 1.807) is 22.9 Å². The molecule has 0 bridgehead atoms. The summed E-state index contributed by atoms with van der Waals surface area (Å²) in [4.78, 5) is 37.1. The minimum absolute atomic E-state index is 0.00821. The van der Waals surface area contributed by atoms with Crippen LogP contribution in [-0.2, 0) is 17.9 Å². The number of nitrogens with one attached hydrogen (secondary N) is 1. The van der Waals surface area contributed by atoms with Gasteiger partial charge in [0.2, 0.25) is 11.9 Å². The number of aryl methyl sites for hydroxylation is 1. The predicted octanol–water partition coefficient (Wildman–Crippen LogP) is 2.81. The zero-order chi connectivity index (χ0) is 23.4. The quantitative estimate of drug-likeness (QED) is 0.562. The molecule has 8 nitrogen and oxygen atoms in total. The largest absolute Gasteiger partial charge is 0.348 e. The van der Waals surface area contributed by atoms with Gasteiger partial charge < -0.3 is 10.2 Å². The lowest BCUT2D eigenvalue weighted by atomic mass is 10.1. The first-order valence-electron chi connectivity index (χ1n) is 11.3. The second-order valence-corrected chi connectivity index (χ2v) is 8.30. The van der Waals surface area contributed by atoms with Gasteiger partial charge in [-0.1, -0.05) is 30.8 Å². The number of pyridine rings is 1. The summed E-state index contributed by atoms with van der Waals surface area (Å²) in [7, 11) is 0. The number of aromatic nitrogens is 3. The maximum atomic E-state index is 12.1. The van der Waals surface area contributed by atoms with Gasteiger partial charge in [0.25, 0.3) is 5.56 Å². The van der Waals surface area contributed by atoms with Crippen LogP contribution in [0.2, 0.25) is 0 Å². The number of nitrogens with zero attached hydrogens (tertiary/aromatic N) is 5. The number of fused-ring (bicyclic) bond motifs is 1. The lowest BCUT2D eigenvalue weighted by molar-refractivity contribution is -0.127. The fraction of sp³-hybridized carbons (Fsp3) is 0.360. The Bertz CT molecular complexity index is 1200. The molecule has 2 aromatic heterocycles. The summed E-state index contributed by atoms with van der Waals surface area (Å²) < 4.78 is 1.65. The van der Waals surface area contributed by atoms with E-state index in [4.69, 9.17) is 0 Å². The van der Waals surface area contributed by atoms with Crippen molar-refractivity contribution < 1.29 is 4.79 Å². The van der Waals surface area contributed by atoms with Crippen molar-refractivity contribution in [1.82, 2.24) is 24.3 Å². The van der Waals surface area contributed by atoms with Crippen LogP contribution in [-0.4, -0.2) is 56.4 Å². The molecule has 1 N–H and O–H groups in total. The van der Waals surface area contributed by atoms with Crippen LogP contribution in [0.5, 0.6) is 0 Å². The molecule has 172 valence electrons. The number of benzene rings is 1. The number of hydrogen-bond acceptors (Lipinski definition) is 6. The van der Waals surface area contributed by atoms with E-state index in [9.17, 15) is 9.59 Å². The molecule has 8 heteroatoms. The molecule has 0 aliphatic carbocycles. The highest BCUT2D eigenvalue weighted by Gasteiger charge is 2.19. The number of piperazine rings is 1. The third-order valence-corrected chi connectivity index (χ3v) is 6.13. The van der Waals surface area contributed by atoms with Crippen molar-refractivity contribution in [2.24, 2.45) is 0 Å². The number of carbonyl (C=O) groups is 1. The second kappa shape index (κ2) is 9.95. The van der Waals surface area contributed by atoms with Crippen molar-refractivity contribution in [1.29, 1.82) is 0 Å². The molecule has 0 radical (unpaired) electrons. The molecular formula is C25H30N6O2. The average Bonchev–Trinajstić information content (AvgIpc) is 2.84. The smallest absolute Gasteiger partial charge is 0.252 e. The Morgan fingerprint density at radius 1 is 1.15 bits per heavy atom. The molecule has 1 aromatic carbocycles. The molecule has 4 rings (SSSR count). The van der Waals surface area contributed by atoms with E-state index in [0.29, 0.717) is 18.1 Å². The summed E-state index contributed by atoms with van der Waals surface area (Å²) >= 11 is 0. The highest BCUT2D eigenvalue weighted by Crippen LogP contribution is 2.20.